The number of ketones is 1. The minimum absolute atomic E-state index is 0.0745. The van der Waals surface area contributed by atoms with Crippen molar-refractivity contribution in [3.05, 3.63) is 35.9 Å². The summed E-state index contributed by atoms with van der Waals surface area (Å²) in [5.41, 5.74) is 0.605. The van der Waals surface area contributed by atoms with E-state index in [1.165, 1.54) is 12.0 Å². The van der Waals surface area contributed by atoms with Crippen molar-refractivity contribution in [3.8, 4) is 0 Å². The molecule has 4 nitrogen and oxygen atoms in total. The molecule has 2 rings (SSSR count). The molecule has 0 unspecified atom stereocenters. The van der Waals surface area contributed by atoms with Crippen molar-refractivity contribution >= 4 is 11.7 Å². The number of likely N-dealkylation sites (N-methyl/N-ethyl adjacent to an activating group) is 1. The molecule has 2 atom stereocenters. The summed E-state index contributed by atoms with van der Waals surface area (Å²) < 4.78 is 5.01. The summed E-state index contributed by atoms with van der Waals surface area (Å²) in [6, 6.07) is 8.45. The first-order chi connectivity index (χ1) is 7.66. The van der Waals surface area contributed by atoms with Crippen LogP contribution in [-0.2, 0) is 9.53 Å². The van der Waals surface area contributed by atoms with Gasteiger partial charge < -0.3 is 9.64 Å². The lowest BCUT2D eigenvalue weighted by atomic mass is 9.91. The molecule has 0 radical (unpaired) electrons. The molecule has 1 saturated heterocycles. The van der Waals surface area contributed by atoms with Crippen LogP contribution in [0.5, 0.6) is 0 Å². The van der Waals surface area contributed by atoms with Gasteiger partial charge in [0.25, 0.3) is 5.91 Å². The number of hydrogen-bond acceptors (Lipinski definition) is 3. The highest BCUT2D eigenvalue weighted by Gasteiger charge is 2.49. The fourth-order valence-electron chi connectivity index (χ4n) is 1.91. The largest absolute Gasteiger partial charge is 0.369 e. The third-order valence-corrected chi connectivity index (χ3v) is 2.88. The van der Waals surface area contributed by atoms with Crippen molar-refractivity contribution < 1.29 is 14.3 Å². The second-order valence-corrected chi connectivity index (χ2v) is 3.78. The minimum Gasteiger partial charge on any atom is -0.369 e. The molecule has 0 N–H and O–H groups in total. The van der Waals surface area contributed by atoms with Crippen LogP contribution in [0, 0.1) is 0 Å². The molecule has 1 fully saturated rings. The van der Waals surface area contributed by atoms with Crippen LogP contribution < -0.4 is 0 Å². The Bertz CT molecular complexity index is 416. The van der Waals surface area contributed by atoms with Crippen LogP contribution in [0.2, 0.25) is 0 Å². The van der Waals surface area contributed by atoms with E-state index in [0.29, 0.717) is 5.56 Å². The lowest BCUT2D eigenvalue weighted by Gasteiger charge is -2.42. The Morgan fingerprint density at radius 2 is 1.94 bits per heavy atom. The van der Waals surface area contributed by atoms with Crippen LogP contribution in [0.1, 0.15) is 10.4 Å². The standard InChI is InChI=1S/C12H13NO3/c1-13-9(11(16-2)12(13)15)10(14)8-6-4-3-5-7-8/h3-7,9,11H,1-2H3/t9-,11+/m1/s1. The Morgan fingerprint density at radius 3 is 2.50 bits per heavy atom. The van der Waals surface area contributed by atoms with Crippen LogP contribution >= 0.6 is 0 Å². The minimum atomic E-state index is -0.627. The molecule has 1 amide bonds. The molecule has 1 aliphatic heterocycles. The first kappa shape index (κ1) is 10.8. The van der Waals surface area contributed by atoms with Gasteiger partial charge in [0.05, 0.1) is 0 Å². The van der Waals surface area contributed by atoms with Crippen LogP contribution in [0.3, 0.4) is 0 Å². The first-order valence-corrected chi connectivity index (χ1v) is 5.05. The van der Waals surface area contributed by atoms with E-state index in [1.54, 1.807) is 31.3 Å². The molecule has 1 aromatic carbocycles. The number of nitrogens with zero attached hydrogens (tertiary/aromatic N) is 1. The van der Waals surface area contributed by atoms with Gasteiger partial charge in [-0.05, 0) is 0 Å². The van der Waals surface area contributed by atoms with Crippen LogP contribution in [0.25, 0.3) is 0 Å². The van der Waals surface area contributed by atoms with Gasteiger partial charge in [-0.25, -0.2) is 0 Å². The van der Waals surface area contributed by atoms with Gasteiger partial charge in [0, 0.05) is 19.7 Å². The fraction of sp³-hybridized carbons (Fsp3) is 0.333. The van der Waals surface area contributed by atoms with Crippen LogP contribution in [-0.4, -0.2) is 42.9 Å². The zero-order valence-electron chi connectivity index (χ0n) is 9.21. The maximum absolute atomic E-state index is 12.1. The summed E-state index contributed by atoms with van der Waals surface area (Å²) in [4.78, 5) is 24.9. The highest BCUT2D eigenvalue weighted by molar-refractivity contribution is 6.09. The average Bonchev–Trinajstić information content (AvgIpc) is 2.34. The molecule has 0 aliphatic carbocycles. The number of benzene rings is 1. The van der Waals surface area contributed by atoms with E-state index in [9.17, 15) is 9.59 Å². The fourth-order valence-corrected chi connectivity index (χ4v) is 1.91. The lowest BCUT2D eigenvalue weighted by molar-refractivity contribution is -0.162. The zero-order valence-corrected chi connectivity index (χ0v) is 9.21. The maximum Gasteiger partial charge on any atom is 0.254 e. The van der Waals surface area contributed by atoms with Gasteiger partial charge in [0.2, 0.25) is 0 Å². The van der Waals surface area contributed by atoms with Gasteiger partial charge in [0.15, 0.2) is 11.9 Å². The number of carbonyl (C=O) groups is 2. The molecule has 0 spiro atoms. The third-order valence-electron chi connectivity index (χ3n) is 2.88. The zero-order chi connectivity index (χ0) is 11.7. The highest BCUT2D eigenvalue weighted by Crippen LogP contribution is 2.24. The lowest BCUT2D eigenvalue weighted by Crippen LogP contribution is -2.66. The van der Waals surface area contributed by atoms with E-state index in [-0.39, 0.29) is 11.7 Å². The average molecular weight is 219 g/mol. The van der Waals surface area contributed by atoms with Crippen LogP contribution in [0.4, 0.5) is 0 Å². The SMILES string of the molecule is CO[C@@H]1C(=O)N(C)[C@@H]1C(=O)c1ccccc1. The smallest absolute Gasteiger partial charge is 0.254 e. The first-order valence-electron chi connectivity index (χ1n) is 5.05. The van der Waals surface area contributed by atoms with Gasteiger partial charge in [-0.3, -0.25) is 9.59 Å². The van der Waals surface area contributed by atoms with Crippen molar-refractivity contribution in [2.45, 2.75) is 12.1 Å². The second kappa shape index (κ2) is 4.06. The number of hydrogen-bond donors (Lipinski definition) is 0. The van der Waals surface area contributed by atoms with E-state index in [2.05, 4.69) is 0 Å². The molecule has 0 bridgehead atoms. The number of likely N-dealkylation sites (tertiary alicyclic amines) is 1. The molecule has 16 heavy (non-hydrogen) atoms. The van der Waals surface area contributed by atoms with Crippen molar-refractivity contribution in [3.63, 3.8) is 0 Å². The van der Waals surface area contributed by atoms with Gasteiger partial charge in [-0.1, -0.05) is 30.3 Å². The Hall–Kier alpha value is -1.68. The predicted molar refractivity (Wildman–Crippen MR) is 58.1 cm³/mol. The summed E-state index contributed by atoms with van der Waals surface area (Å²) in [5.74, 6) is -0.216. The monoisotopic (exact) mass is 219 g/mol. The number of carbonyl (C=O) groups excluding carboxylic acids is 2. The highest BCUT2D eigenvalue weighted by atomic mass is 16.5. The maximum atomic E-state index is 12.1. The molecule has 1 heterocycles. The summed E-state index contributed by atoms with van der Waals surface area (Å²) in [7, 11) is 3.06. The summed E-state index contributed by atoms with van der Waals surface area (Å²) in [6.45, 7) is 0. The molecular weight excluding hydrogens is 206 g/mol. The topological polar surface area (TPSA) is 46.6 Å². The Morgan fingerprint density at radius 1 is 1.31 bits per heavy atom. The van der Waals surface area contributed by atoms with Gasteiger partial charge in [-0.15, -0.1) is 0 Å². The predicted octanol–water partition coefficient (Wildman–Crippen LogP) is 0.725. The van der Waals surface area contributed by atoms with Gasteiger partial charge in [0.1, 0.15) is 6.04 Å². The number of Topliss-reactive ketones (excluding diaryl/α,β-unsaturated/α-hetero) is 1. The Balaban J connectivity index is 2.20. The van der Waals surface area contributed by atoms with E-state index < -0.39 is 12.1 Å². The normalized spacial score (nSPS) is 24.1. The van der Waals surface area contributed by atoms with Crippen molar-refractivity contribution in [2.24, 2.45) is 0 Å². The Labute approximate surface area is 93.8 Å². The second-order valence-electron chi connectivity index (χ2n) is 3.78. The van der Waals surface area contributed by atoms with Crippen LogP contribution in [0.15, 0.2) is 30.3 Å². The number of rotatable bonds is 3. The van der Waals surface area contributed by atoms with Gasteiger partial charge in [-0.2, -0.15) is 0 Å². The number of methoxy groups -OCH3 is 1. The quantitative estimate of drug-likeness (QED) is 0.556. The van der Waals surface area contributed by atoms with Crippen molar-refractivity contribution in [1.29, 1.82) is 0 Å². The van der Waals surface area contributed by atoms with Gasteiger partial charge >= 0.3 is 0 Å². The number of amides is 1. The molecule has 1 aromatic rings. The molecule has 4 heteroatoms. The van der Waals surface area contributed by atoms with E-state index in [4.69, 9.17) is 4.74 Å². The molecular formula is C12H13NO3. The van der Waals surface area contributed by atoms with Crippen molar-refractivity contribution in [2.75, 3.05) is 14.2 Å². The summed E-state index contributed by atoms with van der Waals surface area (Å²) in [6.07, 6.45) is -0.627. The van der Waals surface area contributed by atoms with E-state index >= 15 is 0 Å². The van der Waals surface area contributed by atoms with Crippen molar-refractivity contribution in [1.82, 2.24) is 4.90 Å². The molecule has 0 aromatic heterocycles. The third kappa shape index (κ3) is 1.51. The number of β-lactam (4-membered cyclic amide) rings is 1. The van der Waals surface area contributed by atoms with E-state index in [0.717, 1.165) is 0 Å². The molecule has 1 aliphatic rings. The Kier molecular flexibility index (Phi) is 2.75. The summed E-state index contributed by atoms with van der Waals surface area (Å²) >= 11 is 0. The summed E-state index contributed by atoms with van der Waals surface area (Å²) in [5, 5.41) is 0. The molecule has 0 saturated carbocycles. The van der Waals surface area contributed by atoms with E-state index in [1.807, 2.05) is 6.07 Å². The number of ether oxygens (including phenoxy) is 1. The molecule has 84 valence electrons.